The number of nitrogens with zero attached hydrogens (tertiary/aromatic N) is 2. The van der Waals surface area contributed by atoms with E-state index in [1.165, 1.54) is 12.1 Å². The van der Waals surface area contributed by atoms with E-state index in [2.05, 4.69) is 9.97 Å². The van der Waals surface area contributed by atoms with E-state index < -0.39 is 0 Å². The maximum Gasteiger partial charge on any atom is 0.220 e. The predicted octanol–water partition coefficient (Wildman–Crippen LogP) is 4.09. The van der Waals surface area contributed by atoms with Gasteiger partial charge in [0.15, 0.2) is 5.78 Å². The van der Waals surface area contributed by atoms with Crippen molar-refractivity contribution in [2.75, 3.05) is 5.73 Å². The van der Waals surface area contributed by atoms with Gasteiger partial charge in [0.25, 0.3) is 0 Å². The van der Waals surface area contributed by atoms with Gasteiger partial charge in [-0.1, -0.05) is 36.4 Å². The van der Waals surface area contributed by atoms with Crippen LogP contribution in [-0.4, -0.2) is 15.8 Å². The van der Waals surface area contributed by atoms with Crippen molar-refractivity contribution in [2.24, 2.45) is 0 Å². The number of hydrogen-bond acceptors (Lipinski definition) is 4. The Morgan fingerprint density at radius 1 is 1.08 bits per heavy atom. The largest absolute Gasteiger partial charge is 0.368 e. The molecule has 26 heavy (non-hydrogen) atoms. The molecule has 4 nitrogen and oxygen atoms in total. The summed E-state index contributed by atoms with van der Waals surface area (Å²) in [5, 5.41) is 0. The number of halogens is 1. The van der Waals surface area contributed by atoms with Crippen LogP contribution < -0.4 is 5.73 Å². The smallest absolute Gasteiger partial charge is 0.220 e. The Bertz CT molecular complexity index is 1000. The van der Waals surface area contributed by atoms with Crippen LogP contribution in [0.2, 0.25) is 0 Å². The Labute approximate surface area is 150 Å². The van der Waals surface area contributed by atoms with E-state index in [0.29, 0.717) is 29.8 Å². The summed E-state index contributed by atoms with van der Waals surface area (Å²) in [5.74, 6) is -0.305. The lowest BCUT2D eigenvalue weighted by Crippen LogP contribution is -2.23. The second-order valence-corrected chi connectivity index (χ2v) is 6.61. The summed E-state index contributed by atoms with van der Waals surface area (Å²) in [6.45, 7) is 1.77. The minimum atomic E-state index is -0.309. The third-order valence-corrected chi connectivity index (χ3v) is 4.87. The number of anilines is 1. The maximum atomic E-state index is 14.0. The monoisotopic (exact) mass is 347 g/mol. The highest BCUT2D eigenvalue weighted by Gasteiger charge is 2.31. The minimum absolute atomic E-state index is 0.0166. The highest BCUT2D eigenvalue weighted by Crippen LogP contribution is 2.38. The first-order valence-electron chi connectivity index (χ1n) is 8.54. The third-order valence-electron chi connectivity index (χ3n) is 4.87. The quantitative estimate of drug-likeness (QED) is 0.758. The first-order chi connectivity index (χ1) is 12.5. The van der Waals surface area contributed by atoms with Crippen molar-refractivity contribution in [3.8, 4) is 11.1 Å². The van der Waals surface area contributed by atoms with Crippen LogP contribution in [0.25, 0.3) is 11.1 Å². The fraction of sp³-hybridized carbons (Fsp3) is 0.190. The number of hydrogen-bond donors (Lipinski definition) is 1. The van der Waals surface area contributed by atoms with Crippen LogP contribution in [0.15, 0.2) is 48.5 Å². The van der Waals surface area contributed by atoms with Gasteiger partial charge in [0.05, 0.1) is 17.0 Å². The van der Waals surface area contributed by atoms with Crippen molar-refractivity contribution >= 4 is 11.7 Å². The average Bonchev–Trinajstić information content (AvgIpc) is 2.61. The number of benzene rings is 2. The molecule has 0 amide bonds. The fourth-order valence-corrected chi connectivity index (χ4v) is 3.77. The molecule has 0 bridgehead atoms. The summed E-state index contributed by atoms with van der Waals surface area (Å²) in [6.07, 6.45) is 0.850. The zero-order valence-corrected chi connectivity index (χ0v) is 14.4. The molecule has 0 spiro atoms. The van der Waals surface area contributed by atoms with Gasteiger partial charge in [-0.3, -0.25) is 4.79 Å². The average molecular weight is 347 g/mol. The molecule has 0 saturated carbocycles. The summed E-state index contributed by atoms with van der Waals surface area (Å²) < 4.78 is 14.0. The lowest BCUT2D eigenvalue weighted by atomic mass is 9.78. The van der Waals surface area contributed by atoms with Crippen molar-refractivity contribution < 1.29 is 9.18 Å². The normalized spacial score (nSPS) is 16.4. The molecule has 2 N–H and O–H groups in total. The number of aryl methyl sites for hydroxylation is 1. The number of Topliss-reactive ketones (excluding diaryl/α,β-unsaturated/α-hetero) is 1. The lowest BCUT2D eigenvalue weighted by molar-refractivity contribution is 0.0962. The molecular weight excluding hydrogens is 329 g/mol. The molecule has 1 heterocycles. The van der Waals surface area contributed by atoms with E-state index in [-0.39, 0.29) is 23.5 Å². The maximum absolute atomic E-state index is 14.0. The molecule has 0 aliphatic heterocycles. The molecule has 0 saturated heterocycles. The van der Waals surface area contributed by atoms with E-state index in [4.69, 9.17) is 5.73 Å². The summed E-state index contributed by atoms with van der Waals surface area (Å²) >= 11 is 0. The zero-order valence-electron chi connectivity index (χ0n) is 14.4. The minimum Gasteiger partial charge on any atom is -0.368 e. The topological polar surface area (TPSA) is 68.9 Å². The van der Waals surface area contributed by atoms with E-state index in [9.17, 15) is 9.18 Å². The van der Waals surface area contributed by atoms with Gasteiger partial charge in [0.2, 0.25) is 5.95 Å². The number of carbonyl (C=O) groups excluding carboxylic acids is 1. The summed E-state index contributed by atoms with van der Waals surface area (Å²) in [4.78, 5) is 21.1. The molecule has 1 atom stereocenters. The number of nitrogens with two attached hydrogens (primary N) is 1. The van der Waals surface area contributed by atoms with Crippen LogP contribution in [0.4, 0.5) is 10.3 Å². The van der Waals surface area contributed by atoms with Gasteiger partial charge in [0.1, 0.15) is 5.82 Å². The Morgan fingerprint density at radius 3 is 2.62 bits per heavy atom. The third kappa shape index (κ3) is 2.86. The molecule has 0 radical (unpaired) electrons. The summed E-state index contributed by atoms with van der Waals surface area (Å²) in [6, 6.07) is 14.6. The Balaban J connectivity index is 1.82. The standard InChI is InChI=1S/C21H18FN3O/c1-12-20-18(25-21(23)24-12)9-14(10-19(20)26)17-11-15(22)7-8-16(17)13-5-3-2-4-6-13/h2-8,11,14H,9-10H2,1H3,(H2,23,24,25). The first-order valence-corrected chi connectivity index (χ1v) is 8.54. The molecule has 1 aliphatic rings. The number of rotatable bonds is 2. The highest BCUT2D eigenvalue weighted by molar-refractivity contribution is 6.00. The van der Waals surface area contributed by atoms with Crippen molar-refractivity contribution in [2.45, 2.75) is 25.7 Å². The Kier molecular flexibility index (Phi) is 3.99. The highest BCUT2D eigenvalue weighted by atomic mass is 19.1. The van der Waals surface area contributed by atoms with Gasteiger partial charge < -0.3 is 5.73 Å². The fourth-order valence-electron chi connectivity index (χ4n) is 3.77. The molecule has 1 unspecified atom stereocenters. The number of ketones is 1. The van der Waals surface area contributed by atoms with Gasteiger partial charge in [-0.2, -0.15) is 0 Å². The molecule has 0 fully saturated rings. The van der Waals surface area contributed by atoms with Crippen LogP contribution in [0, 0.1) is 12.7 Å². The van der Waals surface area contributed by atoms with Gasteiger partial charge in [-0.05, 0) is 48.1 Å². The number of fused-ring (bicyclic) bond motifs is 1. The van der Waals surface area contributed by atoms with E-state index in [1.807, 2.05) is 30.3 Å². The summed E-state index contributed by atoms with van der Waals surface area (Å²) in [7, 11) is 0. The molecule has 5 heteroatoms. The van der Waals surface area contributed by atoms with Crippen LogP contribution in [0.5, 0.6) is 0 Å². The lowest BCUT2D eigenvalue weighted by Gasteiger charge is -2.26. The van der Waals surface area contributed by atoms with Gasteiger partial charge >= 0.3 is 0 Å². The van der Waals surface area contributed by atoms with Crippen LogP contribution in [-0.2, 0) is 6.42 Å². The number of aromatic nitrogens is 2. The van der Waals surface area contributed by atoms with Gasteiger partial charge in [0, 0.05) is 6.42 Å². The number of nitrogen functional groups attached to an aromatic ring is 1. The molecule has 130 valence electrons. The van der Waals surface area contributed by atoms with Crippen molar-refractivity contribution in [1.82, 2.24) is 9.97 Å². The molecule has 1 aromatic heterocycles. The predicted molar refractivity (Wildman–Crippen MR) is 98.4 cm³/mol. The van der Waals surface area contributed by atoms with Crippen LogP contribution in [0.3, 0.4) is 0 Å². The van der Waals surface area contributed by atoms with Crippen molar-refractivity contribution in [3.63, 3.8) is 0 Å². The summed E-state index contributed by atoms with van der Waals surface area (Å²) in [5.41, 5.74) is 10.3. The van der Waals surface area contributed by atoms with Crippen molar-refractivity contribution in [3.05, 3.63) is 76.9 Å². The number of carbonyl (C=O) groups is 1. The first kappa shape index (κ1) is 16.4. The molecule has 2 aromatic carbocycles. The molecule has 3 aromatic rings. The Morgan fingerprint density at radius 2 is 1.85 bits per heavy atom. The second-order valence-electron chi connectivity index (χ2n) is 6.61. The molecule has 4 rings (SSSR count). The van der Waals surface area contributed by atoms with Crippen LogP contribution >= 0.6 is 0 Å². The van der Waals surface area contributed by atoms with E-state index in [1.54, 1.807) is 13.0 Å². The second kappa shape index (κ2) is 6.33. The Hall–Kier alpha value is -3.08. The van der Waals surface area contributed by atoms with E-state index >= 15 is 0 Å². The van der Waals surface area contributed by atoms with Gasteiger partial charge in [-0.25, -0.2) is 14.4 Å². The zero-order chi connectivity index (χ0) is 18.3. The SMILES string of the molecule is Cc1nc(N)nc2c1C(=O)CC(c1cc(F)ccc1-c1ccccc1)C2. The van der Waals surface area contributed by atoms with Gasteiger partial charge in [-0.15, -0.1) is 0 Å². The van der Waals surface area contributed by atoms with Crippen LogP contribution in [0.1, 0.15) is 39.6 Å². The van der Waals surface area contributed by atoms with Crippen molar-refractivity contribution in [1.29, 1.82) is 0 Å². The molecular formula is C21H18FN3O. The molecule has 1 aliphatic carbocycles. The van der Waals surface area contributed by atoms with E-state index in [0.717, 1.165) is 16.7 Å².